The van der Waals surface area contributed by atoms with Crippen molar-refractivity contribution in [1.82, 2.24) is 4.98 Å². The second-order valence-corrected chi connectivity index (χ2v) is 7.67. The Morgan fingerprint density at radius 2 is 2.05 bits per heavy atom. The lowest BCUT2D eigenvalue weighted by molar-refractivity contribution is 0.601. The lowest BCUT2D eigenvalue weighted by atomic mass is 10.1. The van der Waals surface area contributed by atoms with Crippen molar-refractivity contribution in [3.05, 3.63) is 53.5 Å². The van der Waals surface area contributed by atoms with E-state index in [1.54, 1.807) is 23.9 Å². The number of hydrogen-bond acceptors (Lipinski definition) is 5. The summed E-state index contributed by atoms with van der Waals surface area (Å²) in [4.78, 5) is 4.24. The normalized spacial score (nSPS) is 11.4. The zero-order chi connectivity index (χ0) is 16.2. The zero-order valence-corrected chi connectivity index (χ0v) is 14.0. The van der Waals surface area contributed by atoms with Gasteiger partial charge in [-0.15, -0.1) is 0 Å². The minimum atomic E-state index is -3.35. The van der Waals surface area contributed by atoms with Gasteiger partial charge in [0.15, 0.2) is 9.84 Å². The number of nitrogens with zero attached hydrogens (tertiary/aromatic N) is 1. The van der Waals surface area contributed by atoms with Gasteiger partial charge in [-0.3, -0.25) is 0 Å². The number of aromatic nitrogens is 1. The Morgan fingerprint density at radius 1 is 1.27 bits per heavy atom. The predicted molar refractivity (Wildman–Crippen MR) is 88.3 cm³/mol. The fraction of sp³-hybridized carbons (Fsp3) is 0.267. The van der Waals surface area contributed by atoms with Crippen LogP contribution in [0, 0.1) is 5.82 Å². The van der Waals surface area contributed by atoms with Crippen molar-refractivity contribution in [1.29, 1.82) is 0 Å². The number of sulfone groups is 1. The van der Waals surface area contributed by atoms with E-state index in [2.05, 4.69) is 10.3 Å². The Bertz CT molecular complexity index is 764. The third kappa shape index (κ3) is 4.20. The number of nitrogens with one attached hydrogen (secondary N) is 1. The topological polar surface area (TPSA) is 59.1 Å². The fourth-order valence-electron chi connectivity index (χ4n) is 2.06. The van der Waals surface area contributed by atoms with Crippen LogP contribution in [0.1, 0.15) is 11.1 Å². The number of halogens is 1. The maximum atomic E-state index is 13.3. The van der Waals surface area contributed by atoms with Crippen molar-refractivity contribution >= 4 is 27.4 Å². The molecule has 0 atom stereocenters. The van der Waals surface area contributed by atoms with Crippen molar-refractivity contribution in [3.8, 4) is 0 Å². The van der Waals surface area contributed by atoms with Gasteiger partial charge in [0.05, 0.1) is 0 Å². The molecule has 0 bridgehead atoms. The lowest BCUT2D eigenvalue weighted by Gasteiger charge is -2.12. The van der Waals surface area contributed by atoms with E-state index in [1.807, 2.05) is 6.26 Å². The molecule has 7 heteroatoms. The molecule has 0 aliphatic rings. The highest BCUT2D eigenvalue weighted by Gasteiger charge is 2.14. The number of hydrogen-bond donors (Lipinski definition) is 1. The smallest absolute Gasteiger partial charge is 0.179 e. The van der Waals surface area contributed by atoms with E-state index in [1.165, 1.54) is 24.4 Å². The van der Waals surface area contributed by atoms with Crippen molar-refractivity contribution in [2.75, 3.05) is 17.8 Å². The van der Waals surface area contributed by atoms with Gasteiger partial charge in [-0.05, 0) is 41.6 Å². The van der Waals surface area contributed by atoms with Crippen LogP contribution in [-0.2, 0) is 22.1 Å². The lowest BCUT2D eigenvalue weighted by Crippen LogP contribution is -2.09. The zero-order valence-electron chi connectivity index (χ0n) is 12.3. The second kappa shape index (κ2) is 7.11. The van der Waals surface area contributed by atoms with Crippen LogP contribution in [0.25, 0.3) is 0 Å². The van der Waals surface area contributed by atoms with Crippen molar-refractivity contribution in [2.24, 2.45) is 0 Å². The predicted octanol–water partition coefficient (Wildman–Crippen LogP) is 3.10. The van der Waals surface area contributed by atoms with Gasteiger partial charge >= 0.3 is 0 Å². The van der Waals surface area contributed by atoms with Gasteiger partial charge in [0.25, 0.3) is 0 Å². The number of thioether (sulfide) groups is 1. The van der Waals surface area contributed by atoms with E-state index in [9.17, 15) is 12.8 Å². The summed E-state index contributed by atoms with van der Waals surface area (Å²) < 4.78 is 36.8. The van der Waals surface area contributed by atoms with Gasteiger partial charge in [-0.25, -0.2) is 17.8 Å². The Labute approximate surface area is 134 Å². The summed E-state index contributed by atoms with van der Waals surface area (Å²) in [5.74, 6) is 0.725. The summed E-state index contributed by atoms with van der Waals surface area (Å²) in [6.07, 6.45) is 4.62. The summed E-state index contributed by atoms with van der Waals surface area (Å²) in [6.45, 7) is 0.385. The molecule has 0 unspecified atom stereocenters. The molecule has 1 aromatic heterocycles. The largest absolute Gasteiger partial charge is 0.365 e. The molecule has 2 aromatic rings. The van der Waals surface area contributed by atoms with Gasteiger partial charge < -0.3 is 5.32 Å². The van der Waals surface area contributed by atoms with E-state index in [-0.39, 0.29) is 10.7 Å². The van der Waals surface area contributed by atoms with Crippen LogP contribution < -0.4 is 5.32 Å². The maximum Gasteiger partial charge on any atom is 0.179 e. The highest BCUT2D eigenvalue weighted by atomic mass is 32.2. The summed E-state index contributed by atoms with van der Waals surface area (Å²) in [5.41, 5.74) is 1.80. The van der Waals surface area contributed by atoms with Crippen LogP contribution in [0.5, 0.6) is 0 Å². The Hall–Kier alpha value is -1.60. The minimum Gasteiger partial charge on any atom is -0.365 e. The molecule has 1 N–H and O–H groups in total. The average Bonchev–Trinajstić information content (AvgIpc) is 2.46. The molecule has 4 nitrogen and oxygen atoms in total. The highest BCUT2D eigenvalue weighted by Crippen LogP contribution is 2.21. The van der Waals surface area contributed by atoms with Gasteiger partial charge in [0.2, 0.25) is 0 Å². The molecule has 2 rings (SSSR count). The van der Waals surface area contributed by atoms with Crippen LogP contribution in [0.15, 0.2) is 41.4 Å². The minimum absolute atomic E-state index is 0.156. The Kier molecular flexibility index (Phi) is 5.42. The average molecular weight is 340 g/mol. The standard InChI is InChI=1S/C15H17FN2O2S2/c1-21-10-12-8-13(16)6-5-11(12)9-18-15-14(22(2,19)20)4-3-7-17-15/h3-8H,9-10H2,1-2H3,(H,17,18). The number of anilines is 1. The third-order valence-corrected chi connectivity index (χ3v) is 4.81. The van der Waals surface area contributed by atoms with E-state index in [0.29, 0.717) is 18.1 Å². The molecule has 0 aliphatic carbocycles. The van der Waals surface area contributed by atoms with Crippen LogP contribution in [0.3, 0.4) is 0 Å². The van der Waals surface area contributed by atoms with Crippen LogP contribution in [0.2, 0.25) is 0 Å². The van der Waals surface area contributed by atoms with Crippen LogP contribution in [0.4, 0.5) is 10.2 Å². The van der Waals surface area contributed by atoms with Crippen LogP contribution >= 0.6 is 11.8 Å². The van der Waals surface area contributed by atoms with E-state index < -0.39 is 9.84 Å². The second-order valence-electron chi connectivity index (χ2n) is 4.82. The molecule has 0 amide bonds. The van der Waals surface area contributed by atoms with Gasteiger partial charge in [-0.2, -0.15) is 11.8 Å². The summed E-state index contributed by atoms with van der Waals surface area (Å²) >= 11 is 1.60. The van der Waals surface area contributed by atoms with E-state index >= 15 is 0 Å². The Balaban J connectivity index is 2.25. The molecule has 0 spiro atoms. The van der Waals surface area contributed by atoms with Crippen molar-refractivity contribution in [2.45, 2.75) is 17.2 Å². The molecular weight excluding hydrogens is 323 g/mol. The van der Waals surface area contributed by atoms with Crippen molar-refractivity contribution in [3.63, 3.8) is 0 Å². The molecule has 0 saturated carbocycles. The van der Waals surface area contributed by atoms with E-state index in [0.717, 1.165) is 17.4 Å². The van der Waals surface area contributed by atoms with Crippen LogP contribution in [-0.4, -0.2) is 25.9 Å². The fourth-order valence-corrected chi connectivity index (χ4v) is 3.44. The van der Waals surface area contributed by atoms with Crippen molar-refractivity contribution < 1.29 is 12.8 Å². The maximum absolute atomic E-state index is 13.3. The molecule has 0 fully saturated rings. The van der Waals surface area contributed by atoms with Gasteiger partial charge in [0.1, 0.15) is 16.5 Å². The first-order chi connectivity index (χ1) is 10.4. The van der Waals surface area contributed by atoms with Gasteiger partial charge in [-0.1, -0.05) is 6.07 Å². The molecule has 0 saturated heterocycles. The quantitative estimate of drug-likeness (QED) is 0.876. The molecule has 1 heterocycles. The first-order valence-corrected chi connectivity index (χ1v) is 9.85. The molecule has 0 aliphatic heterocycles. The number of pyridine rings is 1. The van der Waals surface area contributed by atoms with E-state index in [4.69, 9.17) is 0 Å². The first kappa shape index (κ1) is 16.8. The first-order valence-electron chi connectivity index (χ1n) is 6.57. The molecule has 118 valence electrons. The SMILES string of the molecule is CSCc1cc(F)ccc1CNc1ncccc1S(C)(=O)=O. The van der Waals surface area contributed by atoms with Gasteiger partial charge in [0, 0.05) is 24.8 Å². The summed E-state index contributed by atoms with van der Waals surface area (Å²) in [5, 5.41) is 3.03. The molecule has 22 heavy (non-hydrogen) atoms. The summed E-state index contributed by atoms with van der Waals surface area (Å²) in [6, 6.07) is 7.70. The number of benzene rings is 1. The monoisotopic (exact) mass is 340 g/mol. The Morgan fingerprint density at radius 3 is 2.73 bits per heavy atom. The molecular formula is C15H17FN2O2S2. The third-order valence-electron chi connectivity index (χ3n) is 3.08. The molecule has 1 aromatic carbocycles. The summed E-state index contributed by atoms with van der Waals surface area (Å²) in [7, 11) is -3.35. The highest BCUT2D eigenvalue weighted by molar-refractivity contribution is 7.97. The number of rotatable bonds is 6. The molecule has 0 radical (unpaired) electrons.